The Kier molecular flexibility index (Phi) is 5.30. The number of benzene rings is 2. The van der Waals surface area contributed by atoms with Crippen LogP contribution in [0.4, 0.5) is 5.69 Å². The van der Waals surface area contributed by atoms with Crippen LogP contribution in [0.2, 0.25) is 0 Å². The third-order valence-electron chi connectivity index (χ3n) is 3.23. The van der Waals surface area contributed by atoms with Crippen LogP contribution in [0, 0.1) is 17.0 Å². The average Bonchev–Trinajstić information content (AvgIpc) is 2.54. The maximum absolute atomic E-state index is 12.2. The lowest BCUT2D eigenvalue weighted by Crippen LogP contribution is -2.11. The Labute approximate surface area is 133 Å². The molecule has 0 aliphatic rings. The first kappa shape index (κ1) is 16.5. The number of carbonyl (C=O) groups excluding carboxylic acids is 1. The van der Waals surface area contributed by atoms with Gasteiger partial charge in [-0.1, -0.05) is 13.0 Å². The van der Waals surface area contributed by atoms with Crippen molar-refractivity contribution in [1.82, 2.24) is 0 Å². The van der Waals surface area contributed by atoms with Gasteiger partial charge in [0.25, 0.3) is 5.69 Å². The molecular weight excluding hydrogens is 298 g/mol. The van der Waals surface area contributed by atoms with E-state index in [9.17, 15) is 14.9 Å². The van der Waals surface area contributed by atoms with Crippen LogP contribution in [-0.4, -0.2) is 17.5 Å². The third kappa shape index (κ3) is 4.06. The second-order valence-electron chi connectivity index (χ2n) is 4.92. The fourth-order valence-electron chi connectivity index (χ4n) is 2.03. The molecule has 0 saturated carbocycles. The Bertz CT molecular complexity index is 709. The highest BCUT2D eigenvalue weighted by atomic mass is 16.6. The Hall–Kier alpha value is -2.89. The maximum atomic E-state index is 12.2. The summed E-state index contributed by atoms with van der Waals surface area (Å²) in [7, 11) is 0. The van der Waals surface area contributed by atoms with E-state index < -0.39 is 10.9 Å². The van der Waals surface area contributed by atoms with Crippen molar-refractivity contribution in [2.75, 3.05) is 6.61 Å². The van der Waals surface area contributed by atoms with Gasteiger partial charge in [0.2, 0.25) is 0 Å². The first-order valence-electron chi connectivity index (χ1n) is 7.22. The van der Waals surface area contributed by atoms with Gasteiger partial charge in [-0.3, -0.25) is 10.1 Å². The summed E-state index contributed by atoms with van der Waals surface area (Å²) in [5, 5.41) is 10.9. The molecule has 0 aliphatic carbocycles. The fourth-order valence-corrected chi connectivity index (χ4v) is 2.03. The summed E-state index contributed by atoms with van der Waals surface area (Å²) in [4.78, 5) is 22.6. The van der Waals surface area contributed by atoms with Gasteiger partial charge in [0.1, 0.15) is 11.5 Å². The van der Waals surface area contributed by atoms with Crippen molar-refractivity contribution in [3.63, 3.8) is 0 Å². The van der Waals surface area contributed by atoms with E-state index in [-0.39, 0.29) is 16.8 Å². The Balaban J connectivity index is 2.13. The zero-order valence-corrected chi connectivity index (χ0v) is 12.9. The zero-order valence-electron chi connectivity index (χ0n) is 12.9. The minimum absolute atomic E-state index is 0.109. The predicted octanol–water partition coefficient (Wildman–Crippen LogP) is 3.91. The number of rotatable bonds is 6. The number of carbonyl (C=O) groups is 1. The van der Waals surface area contributed by atoms with Crippen LogP contribution in [0.5, 0.6) is 11.5 Å². The van der Waals surface area contributed by atoms with Crippen LogP contribution < -0.4 is 9.47 Å². The van der Waals surface area contributed by atoms with Crippen LogP contribution in [0.1, 0.15) is 29.3 Å². The summed E-state index contributed by atoms with van der Waals surface area (Å²) in [5.41, 5.74) is 0.346. The van der Waals surface area contributed by atoms with Gasteiger partial charge >= 0.3 is 5.97 Å². The molecular formula is C17H17NO5. The molecule has 0 heterocycles. The molecule has 0 aliphatic heterocycles. The molecule has 0 spiro atoms. The van der Waals surface area contributed by atoms with Crippen molar-refractivity contribution in [3.05, 3.63) is 63.7 Å². The standard InChI is InChI=1S/C17H17NO5/c1-3-11-22-13-7-9-14(10-8-13)23-17(19)15-5-4-6-16(12(15)2)18(20)21/h4-10H,3,11H2,1-2H3. The number of nitro benzene ring substituents is 1. The molecule has 0 N–H and O–H groups in total. The molecule has 120 valence electrons. The number of esters is 1. The lowest BCUT2D eigenvalue weighted by molar-refractivity contribution is -0.385. The van der Waals surface area contributed by atoms with Gasteiger partial charge in [-0.15, -0.1) is 0 Å². The Morgan fingerprint density at radius 3 is 2.39 bits per heavy atom. The number of hydrogen-bond donors (Lipinski definition) is 0. The SMILES string of the molecule is CCCOc1ccc(OC(=O)c2cccc([N+](=O)[O-])c2C)cc1. The van der Waals surface area contributed by atoms with Crippen molar-refractivity contribution in [2.45, 2.75) is 20.3 Å². The smallest absolute Gasteiger partial charge is 0.344 e. The second-order valence-corrected chi connectivity index (χ2v) is 4.92. The average molecular weight is 315 g/mol. The molecule has 0 aromatic heterocycles. The highest BCUT2D eigenvalue weighted by molar-refractivity contribution is 5.93. The van der Waals surface area contributed by atoms with Crippen molar-refractivity contribution in [1.29, 1.82) is 0 Å². The third-order valence-corrected chi connectivity index (χ3v) is 3.23. The molecule has 0 bridgehead atoms. The van der Waals surface area contributed by atoms with E-state index in [0.29, 0.717) is 18.1 Å². The molecule has 0 atom stereocenters. The first-order chi connectivity index (χ1) is 11.0. The van der Waals surface area contributed by atoms with E-state index in [0.717, 1.165) is 6.42 Å². The van der Waals surface area contributed by atoms with Crippen molar-refractivity contribution >= 4 is 11.7 Å². The van der Waals surface area contributed by atoms with E-state index in [1.54, 1.807) is 24.3 Å². The van der Waals surface area contributed by atoms with Gasteiger partial charge in [-0.2, -0.15) is 0 Å². The second kappa shape index (κ2) is 7.40. The van der Waals surface area contributed by atoms with Gasteiger partial charge in [-0.25, -0.2) is 4.79 Å². The van der Waals surface area contributed by atoms with Crippen molar-refractivity contribution < 1.29 is 19.2 Å². The largest absolute Gasteiger partial charge is 0.494 e. The molecule has 2 aromatic carbocycles. The van der Waals surface area contributed by atoms with Gasteiger partial charge in [0.15, 0.2) is 0 Å². The normalized spacial score (nSPS) is 10.2. The van der Waals surface area contributed by atoms with Gasteiger partial charge in [-0.05, 0) is 43.7 Å². The Morgan fingerprint density at radius 2 is 1.78 bits per heavy atom. The Morgan fingerprint density at radius 1 is 1.13 bits per heavy atom. The van der Waals surface area contributed by atoms with Crippen LogP contribution >= 0.6 is 0 Å². The van der Waals surface area contributed by atoms with E-state index in [4.69, 9.17) is 9.47 Å². The van der Waals surface area contributed by atoms with E-state index in [1.807, 2.05) is 6.92 Å². The summed E-state index contributed by atoms with van der Waals surface area (Å²) in [6.45, 7) is 4.15. The van der Waals surface area contributed by atoms with E-state index >= 15 is 0 Å². The summed E-state index contributed by atoms with van der Waals surface area (Å²) in [6, 6.07) is 11.0. The highest BCUT2D eigenvalue weighted by Crippen LogP contribution is 2.23. The first-order valence-corrected chi connectivity index (χ1v) is 7.22. The molecule has 2 rings (SSSR count). The molecule has 0 fully saturated rings. The number of nitrogens with zero attached hydrogens (tertiary/aromatic N) is 1. The zero-order chi connectivity index (χ0) is 16.8. The minimum atomic E-state index is -0.631. The number of ether oxygens (including phenoxy) is 2. The molecule has 0 radical (unpaired) electrons. The van der Waals surface area contributed by atoms with Gasteiger partial charge in [0, 0.05) is 11.6 Å². The van der Waals surface area contributed by atoms with Crippen molar-refractivity contribution in [2.24, 2.45) is 0 Å². The van der Waals surface area contributed by atoms with E-state index in [1.165, 1.54) is 25.1 Å². The topological polar surface area (TPSA) is 78.7 Å². The van der Waals surface area contributed by atoms with E-state index in [2.05, 4.69) is 0 Å². The van der Waals surface area contributed by atoms with Gasteiger partial charge in [0.05, 0.1) is 17.1 Å². The minimum Gasteiger partial charge on any atom is -0.494 e. The monoisotopic (exact) mass is 315 g/mol. The molecule has 0 unspecified atom stereocenters. The van der Waals surface area contributed by atoms with Crippen LogP contribution in [0.15, 0.2) is 42.5 Å². The lowest BCUT2D eigenvalue weighted by atomic mass is 10.1. The molecule has 2 aromatic rings. The molecule has 0 amide bonds. The predicted molar refractivity (Wildman–Crippen MR) is 85.0 cm³/mol. The highest BCUT2D eigenvalue weighted by Gasteiger charge is 2.19. The molecule has 6 heteroatoms. The summed E-state index contributed by atoms with van der Waals surface area (Å²) >= 11 is 0. The van der Waals surface area contributed by atoms with Gasteiger partial charge < -0.3 is 9.47 Å². The molecule has 6 nitrogen and oxygen atoms in total. The van der Waals surface area contributed by atoms with Crippen molar-refractivity contribution in [3.8, 4) is 11.5 Å². The quantitative estimate of drug-likeness (QED) is 0.349. The fraction of sp³-hybridized carbons (Fsp3) is 0.235. The summed E-state index contributed by atoms with van der Waals surface area (Å²) in [6.07, 6.45) is 0.906. The lowest BCUT2D eigenvalue weighted by Gasteiger charge is -2.08. The van der Waals surface area contributed by atoms with Crippen LogP contribution in [-0.2, 0) is 0 Å². The van der Waals surface area contributed by atoms with Crippen LogP contribution in [0.25, 0.3) is 0 Å². The molecule has 23 heavy (non-hydrogen) atoms. The maximum Gasteiger partial charge on any atom is 0.344 e. The summed E-state index contributed by atoms with van der Waals surface area (Å²) < 4.78 is 10.7. The number of hydrogen-bond acceptors (Lipinski definition) is 5. The number of nitro groups is 1. The summed E-state index contributed by atoms with van der Waals surface area (Å²) in [5.74, 6) is 0.413. The molecule has 0 saturated heterocycles. The van der Waals surface area contributed by atoms with Crippen LogP contribution in [0.3, 0.4) is 0 Å².